The summed E-state index contributed by atoms with van der Waals surface area (Å²) in [7, 11) is 0. The fraction of sp³-hybridized carbons (Fsp3) is 0.400. The van der Waals surface area contributed by atoms with Crippen LogP contribution >= 0.6 is 0 Å². The summed E-state index contributed by atoms with van der Waals surface area (Å²) in [5.41, 5.74) is 3.60. The zero-order valence-electron chi connectivity index (χ0n) is 20.6. The highest BCUT2D eigenvalue weighted by Crippen LogP contribution is 2.29. The standard InChI is InChI=1S/C30H36O4/c1-4-6-7-19-33-27-15-11-23(12-16-27)20-25-9-8-10-26(29(25)31)21-24-13-17-28(18-14-24)34-30(32)22(3)5-2/h11-18,20-22H,4-10,19H2,1-3H3. The number of ketones is 1. The first-order valence-corrected chi connectivity index (χ1v) is 12.5. The molecular formula is C30H36O4. The van der Waals surface area contributed by atoms with Gasteiger partial charge in [0, 0.05) is 11.1 Å². The van der Waals surface area contributed by atoms with Crippen LogP contribution in [0.25, 0.3) is 12.2 Å². The van der Waals surface area contributed by atoms with Crippen molar-refractivity contribution in [2.75, 3.05) is 6.61 Å². The van der Waals surface area contributed by atoms with Gasteiger partial charge in [-0.05, 0) is 79.6 Å². The number of ether oxygens (including phenoxy) is 2. The first-order valence-electron chi connectivity index (χ1n) is 12.5. The van der Waals surface area contributed by atoms with E-state index < -0.39 is 0 Å². The number of hydrogen-bond acceptors (Lipinski definition) is 4. The van der Waals surface area contributed by atoms with Crippen molar-refractivity contribution in [1.29, 1.82) is 0 Å². The van der Waals surface area contributed by atoms with Crippen molar-refractivity contribution in [3.05, 3.63) is 70.8 Å². The van der Waals surface area contributed by atoms with Crippen LogP contribution in [0.2, 0.25) is 0 Å². The quantitative estimate of drug-likeness (QED) is 0.160. The van der Waals surface area contributed by atoms with E-state index in [0.717, 1.165) is 66.7 Å². The van der Waals surface area contributed by atoms with E-state index in [0.29, 0.717) is 5.75 Å². The Kier molecular flexibility index (Phi) is 9.69. The molecule has 1 atom stereocenters. The van der Waals surface area contributed by atoms with E-state index in [1.165, 1.54) is 12.8 Å². The van der Waals surface area contributed by atoms with Crippen LogP contribution in [0, 0.1) is 5.92 Å². The highest BCUT2D eigenvalue weighted by molar-refractivity contribution is 6.13. The molecule has 1 unspecified atom stereocenters. The third kappa shape index (κ3) is 7.44. The van der Waals surface area contributed by atoms with Crippen molar-refractivity contribution in [3.8, 4) is 11.5 Å². The number of Topliss-reactive ketones (excluding diaryl/α,β-unsaturated/α-hetero) is 1. The Morgan fingerprint density at radius 1 is 0.882 bits per heavy atom. The lowest BCUT2D eigenvalue weighted by Crippen LogP contribution is -2.16. The fourth-order valence-electron chi connectivity index (χ4n) is 3.80. The molecule has 1 aliphatic carbocycles. The molecule has 0 aromatic heterocycles. The summed E-state index contributed by atoms with van der Waals surface area (Å²) in [6, 6.07) is 15.3. The van der Waals surface area contributed by atoms with Gasteiger partial charge in [-0.15, -0.1) is 0 Å². The van der Waals surface area contributed by atoms with Crippen LogP contribution in [0.5, 0.6) is 11.5 Å². The molecule has 0 heterocycles. The lowest BCUT2D eigenvalue weighted by atomic mass is 9.87. The predicted octanol–water partition coefficient (Wildman–Crippen LogP) is 7.43. The average Bonchev–Trinajstić information content (AvgIpc) is 2.86. The fourth-order valence-corrected chi connectivity index (χ4v) is 3.80. The number of unbranched alkanes of at least 4 members (excludes halogenated alkanes) is 2. The van der Waals surface area contributed by atoms with Crippen molar-refractivity contribution in [2.45, 2.75) is 65.7 Å². The van der Waals surface area contributed by atoms with Gasteiger partial charge in [0.15, 0.2) is 5.78 Å². The molecule has 0 saturated heterocycles. The van der Waals surface area contributed by atoms with E-state index >= 15 is 0 Å². The van der Waals surface area contributed by atoms with Gasteiger partial charge in [-0.3, -0.25) is 9.59 Å². The molecular weight excluding hydrogens is 424 g/mol. The van der Waals surface area contributed by atoms with Crippen LogP contribution < -0.4 is 9.47 Å². The molecule has 2 aromatic rings. The summed E-state index contributed by atoms with van der Waals surface area (Å²) in [5.74, 6) is 1.16. The van der Waals surface area contributed by atoms with Crippen LogP contribution in [-0.2, 0) is 9.59 Å². The van der Waals surface area contributed by atoms with Gasteiger partial charge >= 0.3 is 5.97 Å². The highest BCUT2D eigenvalue weighted by atomic mass is 16.5. The Bertz CT molecular complexity index is 1010. The number of hydrogen-bond donors (Lipinski definition) is 0. The maximum atomic E-state index is 13.1. The van der Waals surface area contributed by atoms with Crippen LogP contribution in [0.15, 0.2) is 59.7 Å². The summed E-state index contributed by atoms with van der Waals surface area (Å²) in [4.78, 5) is 25.1. The molecule has 2 aromatic carbocycles. The molecule has 4 heteroatoms. The van der Waals surface area contributed by atoms with Gasteiger partial charge in [0.2, 0.25) is 0 Å². The van der Waals surface area contributed by atoms with Gasteiger partial charge in [0.25, 0.3) is 0 Å². The van der Waals surface area contributed by atoms with E-state index in [1.807, 2.05) is 62.4 Å². The molecule has 1 aliphatic rings. The second kappa shape index (κ2) is 12.9. The molecule has 180 valence electrons. The van der Waals surface area contributed by atoms with Gasteiger partial charge in [-0.2, -0.15) is 0 Å². The molecule has 0 N–H and O–H groups in total. The summed E-state index contributed by atoms with van der Waals surface area (Å²) < 4.78 is 11.2. The van der Waals surface area contributed by atoms with Crippen LogP contribution in [0.4, 0.5) is 0 Å². The lowest BCUT2D eigenvalue weighted by molar-refractivity contribution is -0.138. The largest absolute Gasteiger partial charge is 0.494 e. The minimum absolute atomic E-state index is 0.110. The monoisotopic (exact) mass is 460 g/mol. The van der Waals surface area contributed by atoms with E-state index in [1.54, 1.807) is 12.1 Å². The van der Waals surface area contributed by atoms with Gasteiger partial charge < -0.3 is 9.47 Å². The molecule has 0 aliphatic heterocycles. The van der Waals surface area contributed by atoms with Crippen LogP contribution in [0.1, 0.15) is 76.8 Å². The van der Waals surface area contributed by atoms with E-state index in [2.05, 4.69) is 6.92 Å². The van der Waals surface area contributed by atoms with Crippen molar-refractivity contribution in [1.82, 2.24) is 0 Å². The molecule has 4 nitrogen and oxygen atoms in total. The van der Waals surface area contributed by atoms with E-state index in [4.69, 9.17) is 9.47 Å². The number of carbonyl (C=O) groups is 2. The van der Waals surface area contributed by atoms with Crippen molar-refractivity contribution in [3.63, 3.8) is 0 Å². The molecule has 1 saturated carbocycles. The summed E-state index contributed by atoms with van der Waals surface area (Å²) in [5, 5.41) is 0. The summed E-state index contributed by atoms with van der Waals surface area (Å²) in [6.45, 7) is 6.74. The SMILES string of the molecule is CCCCCOc1ccc(C=C2CCCC(=Cc3ccc(OC(=O)C(C)CC)cc3)C2=O)cc1. The van der Waals surface area contributed by atoms with Crippen LogP contribution in [0.3, 0.4) is 0 Å². The number of benzene rings is 2. The molecule has 0 radical (unpaired) electrons. The second-order valence-corrected chi connectivity index (χ2v) is 8.95. The summed E-state index contributed by atoms with van der Waals surface area (Å²) >= 11 is 0. The molecule has 34 heavy (non-hydrogen) atoms. The van der Waals surface area contributed by atoms with Gasteiger partial charge in [0.1, 0.15) is 11.5 Å². The number of carbonyl (C=O) groups excluding carboxylic acids is 2. The summed E-state index contributed by atoms with van der Waals surface area (Å²) in [6.07, 6.45) is 10.6. The first kappa shape index (κ1) is 25.5. The van der Waals surface area contributed by atoms with E-state index in [9.17, 15) is 9.59 Å². The Hall–Kier alpha value is -3.14. The topological polar surface area (TPSA) is 52.6 Å². The van der Waals surface area contributed by atoms with Crippen molar-refractivity contribution >= 4 is 23.9 Å². The minimum Gasteiger partial charge on any atom is -0.494 e. The minimum atomic E-state index is -0.220. The number of allylic oxidation sites excluding steroid dienone is 2. The molecule has 3 rings (SSSR count). The maximum absolute atomic E-state index is 13.1. The normalized spacial score (nSPS) is 17.1. The molecule has 0 amide bonds. The van der Waals surface area contributed by atoms with E-state index in [-0.39, 0.29) is 17.7 Å². The molecule has 0 spiro atoms. The van der Waals surface area contributed by atoms with Crippen molar-refractivity contribution in [2.24, 2.45) is 5.92 Å². The average molecular weight is 461 g/mol. The maximum Gasteiger partial charge on any atom is 0.314 e. The number of rotatable bonds is 10. The second-order valence-electron chi connectivity index (χ2n) is 8.95. The highest BCUT2D eigenvalue weighted by Gasteiger charge is 2.20. The van der Waals surface area contributed by atoms with Gasteiger partial charge in [-0.1, -0.05) is 57.9 Å². The van der Waals surface area contributed by atoms with Gasteiger partial charge in [-0.25, -0.2) is 0 Å². The number of esters is 1. The Balaban J connectivity index is 1.64. The Labute approximate surface area is 203 Å². The third-order valence-electron chi connectivity index (χ3n) is 6.17. The first-order chi connectivity index (χ1) is 16.5. The Morgan fingerprint density at radius 2 is 1.44 bits per heavy atom. The molecule has 0 bridgehead atoms. The smallest absolute Gasteiger partial charge is 0.314 e. The van der Waals surface area contributed by atoms with Crippen LogP contribution in [-0.4, -0.2) is 18.4 Å². The Morgan fingerprint density at radius 3 is 1.97 bits per heavy atom. The zero-order chi connectivity index (χ0) is 24.3. The predicted molar refractivity (Wildman–Crippen MR) is 138 cm³/mol. The zero-order valence-corrected chi connectivity index (χ0v) is 20.6. The molecule has 1 fully saturated rings. The lowest BCUT2D eigenvalue weighted by Gasteiger charge is -2.17. The third-order valence-corrected chi connectivity index (χ3v) is 6.17. The van der Waals surface area contributed by atoms with Crippen molar-refractivity contribution < 1.29 is 19.1 Å². The van der Waals surface area contributed by atoms with Gasteiger partial charge in [0.05, 0.1) is 12.5 Å².